The number of hydrogen-bond donors (Lipinski definition) is 1. The lowest BCUT2D eigenvalue weighted by atomic mass is 10.1. The van der Waals surface area contributed by atoms with E-state index in [1.54, 1.807) is 36.7 Å². The molecule has 0 radical (unpaired) electrons. The van der Waals surface area contributed by atoms with Crippen molar-refractivity contribution in [3.05, 3.63) is 65.8 Å². The number of aryl methyl sites for hydroxylation is 1. The van der Waals surface area contributed by atoms with Crippen LogP contribution in [0.5, 0.6) is 0 Å². The zero-order valence-corrected chi connectivity index (χ0v) is 10.3. The van der Waals surface area contributed by atoms with E-state index in [2.05, 4.69) is 15.1 Å². The van der Waals surface area contributed by atoms with Crippen molar-refractivity contribution in [2.24, 2.45) is 0 Å². The van der Waals surface area contributed by atoms with E-state index in [1.807, 2.05) is 12.1 Å². The lowest BCUT2D eigenvalue weighted by Gasteiger charge is -2.05. The Kier molecular flexibility index (Phi) is 4.25. The standard InChI is InChI=1S/C15H13N3O/c1-16-13-5-7-14(8-6-13)18-15(19)9-4-12-3-2-10-17-11-12/h2-3,5-8,10-11H,4,9H2,(H,18,19). The van der Waals surface area contributed by atoms with Crippen LogP contribution in [0.2, 0.25) is 0 Å². The van der Waals surface area contributed by atoms with Gasteiger partial charge in [-0.1, -0.05) is 18.2 Å². The van der Waals surface area contributed by atoms with Crippen molar-refractivity contribution in [2.75, 3.05) is 5.32 Å². The molecule has 1 N–H and O–H groups in total. The Morgan fingerprint density at radius 3 is 2.68 bits per heavy atom. The van der Waals surface area contributed by atoms with Gasteiger partial charge in [0.1, 0.15) is 0 Å². The van der Waals surface area contributed by atoms with Crippen molar-refractivity contribution in [2.45, 2.75) is 12.8 Å². The number of nitrogens with one attached hydrogen (secondary N) is 1. The zero-order chi connectivity index (χ0) is 13.5. The average Bonchev–Trinajstić information content (AvgIpc) is 2.47. The van der Waals surface area contributed by atoms with Gasteiger partial charge in [-0.3, -0.25) is 9.78 Å². The quantitative estimate of drug-likeness (QED) is 0.848. The van der Waals surface area contributed by atoms with Crippen molar-refractivity contribution in [1.82, 2.24) is 4.98 Å². The van der Waals surface area contributed by atoms with Crippen LogP contribution in [0.1, 0.15) is 12.0 Å². The van der Waals surface area contributed by atoms with Crippen LogP contribution in [0, 0.1) is 6.57 Å². The first kappa shape index (κ1) is 12.8. The largest absolute Gasteiger partial charge is 0.326 e. The maximum absolute atomic E-state index is 11.7. The normalized spacial score (nSPS) is 9.63. The molecule has 1 heterocycles. The van der Waals surface area contributed by atoms with E-state index in [-0.39, 0.29) is 5.91 Å². The van der Waals surface area contributed by atoms with Gasteiger partial charge in [0, 0.05) is 24.5 Å². The summed E-state index contributed by atoms with van der Waals surface area (Å²) in [4.78, 5) is 19.1. The van der Waals surface area contributed by atoms with Gasteiger partial charge in [-0.15, -0.1) is 0 Å². The highest BCUT2D eigenvalue weighted by Crippen LogP contribution is 2.16. The van der Waals surface area contributed by atoms with Crippen molar-refractivity contribution >= 4 is 17.3 Å². The fraction of sp³-hybridized carbons (Fsp3) is 0.133. The molecule has 4 heteroatoms. The van der Waals surface area contributed by atoms with Gasteiger partial charge in [-0.2, -0.15) is 0 Å². The highest BCUT2D eigenvalue weighted by molar-refractivity contribution is 5.91. The molecule has 0 saturated carbocycles. The fourth-order valence-electron chi connectivity index (χ4n) is 1.65. The third-order valence-corrected chi connectivity index (χ3v) is 2.64. The molecule has 0 aliphatic rings. The van der Waals surface area contributed by atoms with E-state index >= 15 is 0 Å². The number of pyridine rings is 1. The molecule has 4 nitrogen and oxygen atoms in total. The number of carbonyl (C=O) groups excluding carboxylic acids is 1. The minimum Gasteiger partial charge on any atom is -0.326 e. The van der Waals surface area contributed by atoms with Gasteiger partial charge in [-0.05, 0) is 30.2 Å². The van der Waals surface area contributed by atoms with E-state index < -0.39 is 0 Å². The van der Waals surface area contributed by atoms with Crippen LogP contribution in [0.15, 0.2) is 48.8 Å². The van der Waals surface area contributed by atoms with Crippen LogP contribution in [0.4, 0.5) is 11.4 Å². The highest BCUT2D eigenvalue weighted by atomic mass is 16.1. The number of aromatic nitrogens is 1. The minimum absolute atomic E-state index is 0.0422. The molecule has 0 spiro atoms. The molecule has 1 aromatic carbocycles. The second-order valence-electron chi connectivity index (χ2n) is 4.07. The number of benzene rings is 1. The number of hydrogen-bond acceptors (Lipinski definition) is 2. The zero-order valence-electron chi connectivity index (χ0n) is 10.3. The molecule has 0 aliphatic carbocycles. The van der Waals surface area contributed by atoms with Crippen LogP contribution >= 0.6 is 0 Å². The Morgan fingerprint density at radius 1 is 1.26 bits per heavy atom. The molecular weight excluding hydrogens is 238 g/mol. The minimum atomic E-state index is -0.0422. The summed E-state index contributed by atoms with van der Waals surface area (Å²) in [6.45, 7) is 6.85. The van der Waals surface area contributed by atoms with Crippen LogP contribution in [-0.4, -0.2) is 10.9 Å². The van der Waals surface area contributed by atoms with Gasteiger partial charge in [0.05, 0.1) is 6.57 Å². The second-order valence-corrected chi connectivity index (χ2v) is 4.07. The maximum atomic E-state index is 11.7. The Balaban J connectivity index is 1.86. The van der Waals surface area contributed by atoms with Crippen LogP contribution < -0.4 is 5.32 Å². The SMILES string of the molecule is [C-]#[N+]c1ccc(NC(=O)CCc2cccnc2)cc1. The summed E-state index contributed by atoms with van der Waals surface area (Å²) in [5.74, 6) is -0.0422. The Hall–Kier alpha value is -2.67. The Morgan fingerprint density at radius 2 is 2.05 bits per heavy atom. The number of rotatable bonds is 4. The molecule has 0 atom stereocenters. The molecule has 1 aromatic heterocycles. The first-order chi connectivity index (χ1) is 9.28. The summed E-state index contributed by atoms with van der Waals surface area (Å²) < 4.78 is 0. The first-order valence-corrected chi connectivity index (χ1v) is 5.94. The van der Waals surface area contributed by atoms with Crippen molar-refractivity contribution in [3.8, 4) is 0 Å². The molecule has 0 bridgehead atoms. The van der Waals surface area contributed by atoms with E-state index in [9.17, 15) is 4.79 Å². The van der Waals surface area contributed by atoms with Crippen molar-refractivity contribution in [3.63, 3.8) is 0 Å². The summed E-state index contributed by atoms with van der Waals surface area (Å²) in [7, 11) is 0. The van der Waals surface area contributed by atoms with Crippen molar-refractivity contribution < 1.29 is 4.79 Å². The first-order valence-electron chi connectivity index (χ1n) is 5.94. The molecule has 94 valence electrons. The number of anilines is 1. The van der Waals surface area contributed by atoms with Gasteiger partial charge in [-0.25, -0.2) is 4.85 Å². The van der Waals surface area contributed by atoms with E-state index in [1.165, 1.54) is 0 Å². The van der Waals surface area contributed by atoms with Gasteiger partial charge in [0.25, 0.3) is 0 Å². The Bertz CT molecular complexity index is 585. The van der Waals surface area contributed by atoms with Gasteiger partial charge in [0.15, 0.2) is 5.69 Å². The lowest BCUT2D eigenvalue weighted by molar-refractivity contribution is -0.116. The summed E-state index contributed by atoms with van der Waals surface area (Å²) >= 11 is 0. The topological polar surface area (TPSA) is 46.4 Å². The van der Waals surface area contributed by atoms with Gasteiger partial charge >= 0.3 is 0 Å². The van der Waals surface area contributed by atoms with E-state index in [0.29, 0.717) is 24.2 Å². The molecule has 0 fully saturated rings. The number of nitrogens with zero attached hydrogens (tertiary/aromatic N) is 2. The average molecular weight is 251 g/mol. The molecule has 2 aromatic rings. The van der Waals surface area contributed by atoms with Crippen LogP contribution in [0.3, 0.4) is 0 Å². The summed E-state index contributed by atoms with van der Waals surface area (Å²) in [6.07, 6.45) is 4.55. The van der Waals surface area contributed by atoms with E-state index in [4.69, 9.17) is 6.57 Å². The van der Waals surface area contributed by atoms with Crippen LogP contribution in [0.25, 0.3) is 4.85 Å². The highest BCUT2D eigenvalue weighted by Gasteiger charge is 2.03. The molecule has 19 heavy (non-hydrogen) atoms. The fourth-order valence-corrected chi connectivity index (χ4v) is 1.65. The molecular formula is C15H13N3O. The molecule has 0 aliphatic heterocycles. The number of carbonyl (C=O) groups is 1. The number of amides is 1. The predicted octanol–water partition coefficient (Wildman–Crippen LogP) is 3.20. The third kappa shape index (κ3) is 3.93. The summed E-state index contributed by atoms with van der Waals surface area (Å²) in [5.41, 5.74) is 2.32. The molecule has 0 saturated heterocycles. The van der Waals surface area contributed by atoms with Crippen LogP contribution in [-0.2, 0) is 11.2 Å². The molecule has 0 unspecified atom stereocenters. The maximum Gasteiger partial charge on any atom is 0.224 e. The third-order valence-electron chi connectivity index (χ3n) is 2.64. The Labute approximate surface area is 111 Å². The van der Waals surface area contributed by atoms with E-state index in [0.717, 1.165) is 5.56 Å². The lowest BCUT2D eigenvalue weighted by Crippen LogP contribution is -2.12. The second kappa shape index (κ2) is 6.31. The monoisotopic (exact) mass is 251 g/mol. The van der Waals surface area contributed by atoms with Crippen molar-refractivity contribution in [1.29, 1.82) is 0 Å². The predicted molar refractivity (Wildman–Crippen MR) is 73.9 cm³/mol. The van der Waals surface area contributed by atoms with Gasteiger partial charge in [0.2, 0.25) is 5.91 Å². The molecule has 2 rings (SSSR count). The summed E-state index contributed by atoms with van der Waals surface area (Å²) in [5, 5.41) is 2.80. The smallest absolute Gasteiger partial charge is 0.224 e. The summed E-state index contributed by atoms with van der Waals surface area (Å²) in [6, 6.07) is 10.6. The molecule has 1 amide bonds. The van der Waals surface area contributed by atoms with Gasteiger partial charge < -0.3 is 5.32 Å².